The number of hydrogen-bond acceptors (Lipinski definition) is 6. The highest BCUT2D eigenvalue weighted by molar-refractivity contribution is 7.92. The Kier molecular flexibility index (Phi) is 8.97. The normalized spacial score (nSPS) is 13.4. The van der Waals surface area contributed by atoms with Crippen molar-refractivity contribution >= 4 is 50.7 Å². The summed E-state index contributed by atoms with van der Waals surface area (Å²) in [4.78, 5) is 27.8. The Morgan fingerprint density at radius 1 is 1.03 bits per heavy atom. The van der Waals surface area contributed by atoms with Gasteiger partial charge < -0.3 is 19.7 Å². The molecule has 0 bridgehead atoms. The van der Waals surface area contributed by atoms with Gasteiger partial charge in [0, 0.05) is 18.7 Å². The van der Waals surface area contributed by atoms with Crippen LogP contribution in [0.15, 0.2) is 36.4 Å². The molecule has 12 heteroatoms. The Bertz CT molecular complexity index is 1240. The summed E-state index contributed by atoms with van der Waals surface area (Å²) in [6, 6.07) is 8.51. The summed E-state index contributed by atoms with van der Waals surface area (Å²) in [7, 11) is -3.86. The lowest BCUT2D eigenvalue weighted by Crippen LogP contribution is -2.52. The molecule has 1 N–H and O–H groups in total. The number of amides is 2. The van der Waals surface area contributed by atoms with Gasteiger partial charge in [0.15, 0.2) is 11.5 Å². The molecule has 0 spiro atoms. The van der Waals surface area contributed by atoms with Crippen LogP contribution >= 0.6 is 23.2 Å². The summed E-state index contributed by atoms with van der Waals surface area (Å²) in [6.45, 7) is 6.23. The third-order valence-electron chi connectivity index (χ3n) is 5.56. The van der Waals surface area contributed by atoms with Crippen molar-refractivity contribution in [1.29, 1.82) is 0 Å². The maximum absolute atomic E-state index is 13.6. The molecule has 0 saturated heterocycles. The molecule has 3 rings (SSSR count). The Balaban J connectivity index is 1.95. The van der Waals surface area contributed by atoms with E-state index in [1.807, 2.05) is 13.8 Å². The van der Waals surface area contributed by atoms with Gasteiger partial charge in [-0.1, -0.05) is 29.3 Å². The third-order valence-corrected chi connectivity index (χ3v) is 8.04. The van der Waals surface area contributed by atoms with E-state index in [2.05, 4.69) is 5.32 Å². The first kappa shape index (κ1) is 27.9. The van der Waals surface area contributed by atoms with E-state index in [1.165, 1.54) is 17.9 Å². The smallest absolute Gasteiger partial charge is 0.244 e. The minimum Gasteiger partial charge on any atom is -0.454 e. The van der Waals surface area contributed by atoms with Crippen LogP contribution < -0.4 is 19.1 Å². The number of rotatable bonds is 10. The second kappa shape index (κ2) is 11.6. The van der Waals surface area contributed by atoms with Crippen molar-refractivity contribution in [3.05, 3.63) is 52.0 Å². The summed E-state index contributed by atoms with van der Waals surface area (Å²) in [5.41, 5.74) is 0.887. The van der Waals surface area contributed by atoms with E-state index in [4.69, 9.17) is 32.7 Å². The lowest BCUT2D eigenvalue weighted by Gasteiger charge is -2.32. The predicted octanol–water partition coefficient (Wildman–Crippen LogP) is 3.82. The summed E-state index contributed by atoms with van der Waals surface area (Å²) >= 11 is 12.2. The van der Waals surface area contributed by atoms with E-state index in [0.717, 1.165) is 4.31 Å². The van der Waals surface area contributed by atoms with E-state index in [0.29, 0.717) is 27.1 Å². The second-order valence-electron chi connectivity index (χ2n) is 8.55. The number of anilines is 1. The Labute approximate surface area is 221 Å². The van der Waals surface area contributed by atoms with Gasteiger partial charge in [0.25, 0.3) is 0 Å². The van der Waals surface area contributed by atoms with Gasteiger partial charge in [-0.15, -0.1) is 0 Å². The Morgan fingerprint density at radius 3 is 2.36 bits per heavy atom. The lowest BCUT2D eigenvalue weighted by atomic mass is 10.1. The van der Waals surface area contributed by atoms with Crippen LogP contribution in [0.25, 0.3) is 0 Å². The van der Waals surface area contributed by atoms with Crippen LogP contribution in [-0.4, -0.2) is 56.3 Å². The quantitative estimate of drug-likeness (QED) is 0.476. The van der Waals surface area contributed by atoms with Crippen molar-refractivity contribution in [2.75, 3.05) is 23.4 Å². The van der Waals surface area contributed by atoms with Gasteiger partial charge in [0.2, 0.25) is 28.6 Å². The molecule has 1 heterocycles. The highest BCUT2D eigenvalue weighted by atomic mass is 35.5. The van der Waals surface area contributed by atoms with E-state index in [9.17, 15) is 18.0 Å². The zero-order valence-electron chi connectivity index (χ0n) is 20.5. The summed E-state index contributed by atoms with van der Waals surface area (Å²) in [5.74, 6) is -0.299. The number of nitrogens with one attached hydrogen (secondary N) is 1. The van der Waals surface area contributed by atoms with Crippen LogP contribution in [0.3, 0.4) is 0 Å². The summed E-state index contributed by atoms with van der Waals surface area (Å²) in [6.07, 6.45) is 0. The number of sulfonamides is 1. The van der Waals surface area contributed by atoms with Crippen molar-refractivity contribution in [1.82, 2.24) is 10.2 Å². The first-order valence-electron chi connectivity index (χ1n) is 11.4. The number of carbonyl (C=O) groups is 2. The number of fused-ring (bicyclic) bond motifs is 1. The largest absolute Gasteiger partial charge is 0.454 e. The summed E-state index contributed by atoms with van der Waals surface area (Å²) in [5, 5.41) is 3.45. The van der Waals surface area contributed by atoms with Crippen molar-refractivity contribution < 1.29 is 27.5 Å². The van der Waals surface area contributed by atoms with Gasteiger partial charge in [0.05, 0.1) is 21.5 Å². The van der Waals surface area contributed by atoms with Gasteiger partial charge in [-0.25, -0.2) is 8.42 Å². The minimum absolute atomic E-state index is 0.0174. The van der Waals surface area contributed by atoms with Gasteiger partial charge in [-0.2, -0.15) is 0 Å². The maximum Gasteiger partial charge on any atom is 0.244 e. The predicted molar refractivity (Wildman–Crippen MR) is 139 cm³/mol. The monoisotopic (exact) mass is 557 g/mol. The molecule has 0 saturated carbocycles. The molecule has 36 heavy (non-hydrogen) atoms. The van der Waals surface area contributed by atoms with Crippen LogP contribution in [0.5, 0.6) is 11.5 Å². The first-order valence-corrected chi connectivity index (χ1v) is 13.7. The number of benzene rings is 2. The highest BCUT2D eigenvalue weighted by Crippen LogP contribution is 2.36. The van der Waals surface area contributed by atoms with Crippen molar-refractivity contribution in [2.24, 2.45) is 0 Å². The molecule has 0 aromatic heterocycles. The zero-order chi connectivity index (χ0) is 26.6. The molecular weight excluding hydrogens is 529 g/mol. The molecule has 1 aliphatic heterocycles. The van der Waals surface area contributed by atoms with Crippen LogP contribution in [0.1, 0.15) is 33.3 Å². The van der Waals surface area contributed by atoms with Gasteiger partial charge in [-0.3, -0.25) is 13.9 Å². The van der Waals surface area contributed by atoms with Gasteiger partial charge in [0.1, 0.15) is 12.6 Å². The minimum atomic E-state index is -3.86. The number of nitrogens with zero attached hydrogens (tertiary/aromatic N) is 2. The van der Waals surface area contributed by atoms with E-state index in [-0.39, 0.29) is 36.7 Å². The van der Waals surface area contributed by atoms with Crippen molar-refractivity contribution in [3.8, 4) is 11.5 Å². The topological polar surface area (TPSA) is 105 Å². The van der Waals surface area contributed by atoms with E-state index >= 15 is 0 Å². The van der Waals surface area contributed by atoms with E-state index < -0.39 is 28.5 Å². The first-order chi connectivity index (χ1) is 16.9. The van der Waals surface area contributed by atoms with Crippen molar-refractivity contribution in [3.63, 3.8) is 0 Å². The fourth-order valence-corrected chi connectivity index (χ4v) is 4.96. The number of ether oxygens (including phenoxy) is 2. The molecule has 2 amide bonds. The molecule has 0 fully saturated rings. The fraction of sp³-hybridized carbons (Fsp3) is 0.417. The number of carbonyl (C=O) groups excluding carboxylic acids is 2. The molecule has 9 nitrogen and oxygen atoms in total. The van der Waals surface area contributed by atoms with Gasteiger partial charge in [-0.05, 0) is 57.5 Å². The highest BCUT2D eigenvalue weighted by Gasteiger charge is 2.32. The molecular formula is C24H29Cl2N3O6S. The molecule has 1 unspecified atom stereocenters. The SMILES string of the molecule is CCS(=O)(=O)N(CC(=O)N(Cc1ccc(Cl)c(Cl)c1)C(C)C(=O)NC(C)C)c1ccc2c(c1)OCO2. The van der Waals surface area contributed by atoms with E-state index in [1.54, 1.807) is 37.3 Å². The van der Waals surface area contributed by atoms with Crippen LogP contribution in [0.4, 0.5) is 5.69 Å². The third kappa shape index (κ3) is 6.54. The standard InChI is InChI=1S/C24H29Cl2N3O6S/c1-5-36(32,33)29(18-7-9-21-22(11-18)35-14-34-21)13-23(30)28(16(4)24(31)27-15(2)3)12-17-6-8-19(25)20(26)10-17/h6-11,15-16H,5,12-14H2,1-4H3,(H,27,31). The van der Waals surface area contributed by atoms with Crippen LogP contribution in [-0.2, 0) is 26.2 Å². The number of hydrogen-bond donors (Lipinski definition) is 1. The summed E-state index contributed by atoms with van der Waals surface area (Å²) < 4.78 is 37.7. The molecule has 2 aromatic carbocycles. The average molecular weight is 558 g/mol. The second-order valence-corrected chi connectivity index (χ2v) is 11.6. The Hall–Kier alpha value is -2.69. The molecule has 0 radical (unpaired) electrons. The average Bonchev–Trinajstić information content (AvgIpc) is 3.30. The molecule has 196 valence electrons. The molecule has 0 aliphatic carbocycles. The Morgan fingerprint density at radius 2 is 1.72 bits per heavy atom. The number of halogens is 2. The van der Waals surface area contributed by atoms with Crippen molar-refractivity contribution in [2.45, 2.75) is 46.3 Å². The van der Waals surface area contributed by atoms with Gasteiger partial charge >= 0.3 is 0 Å². The maximum atomic E-state index is 13.6. The molecule has 2 aromatic rings. The zero-order valence-corrected chi connectivity index (χ0v) is 22.8. The fourth-order valence-electron chi connectivity index (χ4n) is 3.58. The molecule has 1 atom stereocenters. The lowest BCUT2D eigenvalue weighted by molar-refractivity contribution is -0.139. The van der Waals surface area contributed by atoms with Crippen LogP contribution in [0, 0.1) is 0 Å². The molecule has 1 aliphatic rings. The van der Waals surface area contributed by atoms with Crippen LogP contribution in [0.2, 0.25) is 10.0 Å².